The molecule has 0 bridgehead atoms. The lowest BCUT2D eigenvalue weighted by atomic mass is 10.0. The predicted octanol–water partition coefficient (Wildman–Crippen LogP) is 3.34. The van der Waals surface area contributed by atoms with Crippen LogP contribution < -0.4 is 4.90 Å². The Morgan fingerprint density at radius 1 is 1.15 bits per heavy atom. The van der Waals surface area contributed by atoms with Gasteiger partial charge in [0.25, 0.3) is 5.91 Å². The molecular formula is C22H28N2O3. The van der Waals surface area contributed by atoms with E-state index in [9.17, 15) is 9.90 Å². The maximum absolute atomic E-state index is 12.7. The zero-order valence-electron chi connectivity index (χ0n) is 16.1. The molecule has 0 unspecified atom stereocenters. The highest BCUT2D eigenvalue weighted by Gasteiger charge is 2.29. The molecule has 1 aliphatic heterocycles. The van der Waals surface area contributed by atoms with Crippen LogP contribution in [0.15, 0.2) is 48.5 Å². The number of ether oxygens (including phenoxy) is 1. The fourth-order valence-corrected chi connectivity index (χ4v) is 3.68. The first-order chi connectivity index (χ1) is 13.1. The molecule has 27 heavy (non-hydrogen) atoms. The van der Waals surface area contributed by atoms with Crippen LogP contribution in [0.25, 0.3) is 0 Å². The second-order valence-corrected chi connectivity index (χ2v) is 7.17. The third kappa shape index (κ3) is 4.87. The Labute approximate surface area is 161 Å². The lowest BCUT2D eigenvalue weighted by Crippen LogP contribution is -2.48. The monoisotopic (exact) mass is 368 g/mol. The minimum atomic E-state index is 0.000469. The Bertz CT molecular complexity index is 752. The van der Waals surface area contributed by atoms with Gasteiger partial charge in [0.05, 0.1) is 0 Å². The lowest BCUT2D eigenvalue weighted by Gasteiger charge is -2.38. The number of rotatable bonds is 6. The van der Waals surface area contributed by atoms with Gasteiger partial charge in [-0.2, -0.15) is 0 Å². The van der Waals surface area contributed by atoms with Gasteiger partial charge in [0.1, 0.15) is 12.4 Å². The van der Waals surface area contributed by atoms with E-state index in [2.05, 4.69) is 4.90 Å². The van der Waals surface area contributed by atoms with Crippen molar-refractivity contribution in [1.29, 1.82) is 0 Å². The van der Waals surface area contributed by atoms with Gasteiger partial charge >= 0.3 is 0 Å². The minimum Gasteiger partial charge on any atom is -0.508 e. The number of hydrogen-bond acceptors (Lipinski definition) is 4. The van der Waals surface area contributed by atoms with Gasteiger partial charge in [-0.05, 0) is 38.0 Å². The van der Waals surface area contributed by atoms with Crippen LogP contribution >= 0.6 is 0 Å². The van der Waals surface area contributed by atoms with Crippen molar-refractivity contribution in [2.75, 3.05) is 31.7 Å². The number of aromatic hydroxyl groups is 1. The van der Waals surface area contributed by atoms with Gasteiger partial charge in [0, 0.05) is 44.0 Å². The van der Waals surface area contributed by atoms with Crippen LogP contribution in [0.2, 0.25) is 0 Å². The van der Waals surface area contributed by atoms with Crippen molar-refractivity contribution >= 4 is 11.6 Å². The summed E-state index contributed by atoms with van der Waals surface area (Å²) in [6, 6.07) is 15.7. The highest BCUT2D eigenvalue weighted by molar-refractivity contribution is 5.94. The van der Waals surface area contributed by atoms with Crippen molar-refractivity contribution in [3.8, 4) is 5.75 Å². The molecule has 1 heterocycles. The van der Waals surface area contributed by atoms with Gasteiger partial charge in [-0.3, -0.25) is 9.69 Å². The summed E-state index contributed by atoms with van der Waals surface area (Å²) in [6.45, 7) is 4.65. The van der Waals surface area contributed by atoms with Crippen molar-refractivity contribution in [2.24, 2.45) is 0 Å². The SMILES string of the molecule is COCC(=O)N(c1ccc(C)cc1)C1CCN(Cc2ccccc2O)CC1. The van der Waals surface area contributed by atoms with Gasteiger partial charge in [-0.15, -0.1) is 0 Å². The standard InChI is InChI=1S/C22H28N2O3/c1-17-7-9-19(10-8-17)24(22(26)16-27-2)20-11-13-23(14-12-20)15-18-5-3-4-6-21(18)25/h3-10,20,25H,11-16H2,1-2H3. The zero-order chi connectivity index (χ0) is 19.2. The molecular weight excluding hydrogens is 340 g/mol. The van der Waals surface area contributed by atoms with Gasteiger partial charge in [-0.1, -0.05) is 35.9 Å². The number of carbonyl (C=O) groups excluding carboxylic acids is 1. The summed E-state index contributed by atoms with van der Waals surface area (Å²) in [5.41, 5.74) is 3.05. The highest BCUT2D eigenvalue weighted by atomic mass is 16.5. The van der Waals surface area contributed by atoms with E-state index in [4.69, 9.17) is 4.74 Å². The number of methoxy groups -OCH3 is 1. The van der Waals surface area contributed by atoms with Crippen molar-refractivity contribution in [3.05, 3.63) is 59.7 Å². The molecule has 2 aromatic carbocycles. The summed E-state index contributed by atoms with van der Waals surface area (Å²) < 4.78 is 5.10. The van der Waals surface area contributed by atoms with E-state index < -0.39 is 0 Å². The summed E-state index contributed by atoms with van der Waals surface area (Å²) in [5.74, 6) is 0.344. The maximum atomic E-state index is 12.7. The number of phenolic OH excluding ortho intramolecular Hbond substituents is 1. The Morgan fingerprint density at radius 2 is 1.81 bits per heavy atom. The molecule has 144 valence electrons. The second-order valence-electron chi connectivity index (χ2n) is 7.17. The number of hydrogen-bond donors (Lipinski definition) is 1. The summed E-state index contributed by atoms with van der Waals surface area (Å²) >= 11 is 0. The van der Waals surface area contributed by atoms with E-state index in [1.54, 1.807) is 13.2 Å². The Morgan fingerprint density at radius 3 is 2.44 bits per heavy atom. The molecule has 0 aromatic heterocycles. The van der Waals surface area contributed by atoms with Gasteiger partial charge < -0.3 is 14.7 Å². The van der Waals surface area contributed by atoms with E-state index in [-0.39, 0.29) is 18.6 Å². The molecule has 0 spiro atoms. The number of likely N-dealkylation sites (tertiary alicyclic amines) is 1. The van der Waals surface area contributed by atoms with Crippen LogP contribution in [0.1, 0.15) is 24.0 Å². The molecule has 5 heteroatoms. The Kier molecular flexibility index (Phi) is 6.48. The molecule has 0 saturated carbocycles. The van der Waals surface area contributed by atoms with Gasteiger partial charge in [-0.25, -0.2) is 0 Å². The molecule has 1 fully saturated rings. The maximum Gasteiger partial charge on any atom is 0.253 e. The molecule has 3 rings (SSSR count). The summed E-state index contributed by atoms with van der Waals surface area (Å²) in [5, 5.41) is 9.99. The highest BCUT2D eigenvalue weighted by Crippen LogP contribution is 2.26. The predicted molar refractivity (Wildman–Crippen MR) is 107 cm³/mol. The molecule has 0 aliphatic carbocycles. The van der Waals surface area contributed by atoms with Crippen molar-refractivity contribution < 1.29 is 14.6 Å². The number of amides is 1. The smallest absolute Gasteiger partial charge is 0.253 e. The van der Waals surface area contributed by atoms with Crippen LogP contribution in [-0.2, 0) is 16.1 Å². The third-order valence-corrected chi connectivity index (χ3v) is 5.16. The van der Waals surface area contributed by atoms with Crippen molar-refractivity contribution in [3.63, 3.8) is 0 Å². The number of carbonyl (C=O) groups is 1. The zero-order valence-corrected chi connectivity index (χ0v) is 16.1. The van der Waals surface area contributed by atoms with Gasteiger partial charge in [0.2, 0.25) is 0 Å². The molecule has 1 amide bonds. The van der Waals surface area contributed by atoms with Crippen LogP contribution in [0.5, 0.6) is 5.75 Å². The largest absolute Gasteiger partial charge is 0.508 e. The number of para-hydroxylation sites is 1. The minimum absolute atomic E-state index is 0.000469. The van der Waals surface area contributed by atoms with Crippen LogP contribution in [0.4, 0.5) is 5.69 Å². The van der Waals surface area contributed by atoms with Crippen LogP contribution in [-0.4, -0.2) is 48.8 Å². The fraction of sp³-hybridized carbons (Fsp3) is 0.409. The number of benzene rings is 2. The third-order valence-electron chi connectivity index (χ3n) is 5.16. The molecule has 1 saturated heterocycles. The molecule has 1 N–H and O–H groups in total. The van der Waals surface area contributed by atoms with Crippen molar-refractivity contribution in [2.45, 2.75) is 32.4 Å². The Balaban J connectivity index is 1.68. The van der Waals surface area contributed by atoms with E-state index in [0.717, 1.165) is 43.7 Å². The van der Waals surface area contributed by atoms with Crippen molar-refractivity contribution in [1.82, 2.24) is 4.90 Å². The summed E-state index contributed by atoms with van der Waals surface area (Å²) in [6.07, 6.45) is 1.80. The second kappa shape index (κ2) is 9.02. The molecule has 5 nitrogen and oxygen atoms in total. The molecule has 2 aromatic rings. The van der Waals surface area contributed by atoms with Crippen LogP contribution in [0.3, 0.4) is 0 Å². The van der Waals surface area contributed by atoms with E-state index in [1.165, 1.54) is 5.56 Å². The van der Waals surface area contributed by atoms with Gasteiger partial charge in [0.15, 0.2) is 0 Å². The number of aryl methyl sites for hydroxylation is 1. The first-order valence-corrected chi connectivity index (χ1v) is 9.45. The van der Waals surface area contributed by atoms with E-state index in [0.29, 0.717) is 5.75 Å². The topological polar surface area (TPSA) is 53.0 Å². The molecule has 0 radical (unpaired) electrons. The average molecular weight is 368 g/mol. The van der Waals surface area contributed by atoms with Crippen LogP contribution in [0, 0.1) is 6.92 Å². The number of piperidine rings is 1. The van der Waals surface area contributed by atoms with E-state index >= 15 is 0 Å². The fourth-order valence-electron chi connectivity index (χ4n) is 3.68. The molecule has 0 atom stereocenters. The quantitative estimate of drug-likeness (QED) is 0.850. The summed E-state index contributed by atoms with van der Waals surface area (Å²) in [7, 11) is 1.56. The Hall–Kier alpha value is -2.37. The summed E-state index contributed by atoms with van der Waals surface area (Å²) in [4.78, 5) is 16.9. The number of anilines is 1. The lowest BCUT2D eigenvalue weighted by molar-refractivity contribution is -0.122. The molecule has 1 aliphatic rings. The van der Waals surface area contributed by atoms with E-state index in [1.807, 2.05) is 54.3 Å². The normalized spacial score (nSPS) is 15.6. The number of phenols is 1. The number of nitrogens with zero attached hydrogens (tertiary/aromatic N) is 2. The first-order valence-electron chi connectivity index (χ1n) is 9.45. The average Bonchev–Trinajstić information content (AvgIpc) is 2.67. The first kappa shape index (κ1) is 19.4.